The van der Waals surface area contributed by atoms with Gasteiger partial charge in [-0.05, 0) is 78.9 Å². The summed E-state index contributed by atoms with van der Waals surface area (Å²) in [5, 5.41) is 3.03. The number of halogens is 2. The van der Waals surface area contributed by atoms with Crippen LogP contribution in [-0.4, -0.2) is 6.61 Å². The average molecular weight is 434 g/mol. The zero-order valence-corrected chi connectivity index (χ0v) is 18.4. The number of allylic oxidation sites excluding steroid dienone is 1. The minimum atomic E-state index is -0.340. The van der Waals surface area contributed by atoms with Crippen LogP contribution in [0.25, 0.3) is 0 Å². The normalized spacial score (nSPS) is 12.6. The second-order valence-electron chi connectivity index (χ2n) is 8.05. The summed E-state index contributed by atoms with van der Waals surface area (Å²) in [5.74, 6) is 0.147. The number of ether oxygens (including phenoxy) is 1. The standard InChI is InChI=1S/C28H29F2NO/c1-4-19-32-25-15-9-22(10-16-25)28(3,5-2)18-6-7-21-8-17-26(30)27(20-21)31-24-13-11-23(29)12-14-24/h4-5,8-17,20,31H,1-2,6-7,18-19H2,3H3. The smallest absolute Gasteiger partial charge is 0.146 e. The van der Waals surface area contributed by atoms with Crippen molar-refractivity contribution in [1.29, 1.82) is 0 Å². The first-order valence-electron chi connectivity index (χ1n) is 10.7. The Morgan fingerprint density at radius 2 is 1.69 bits per heavy atom. The third-order valence-electron chi connectivity index (χ3n) is 5.65. The van der Waals surface area contributed by atoms with Gasteiger partial charge in [0.2, 0.25) is 0 Å². The van der Waals surface area contributed by atoms with E-state index in [2.05, 4.69) is 37.5 Å². The van der Waals surface area contributed by atoms with E-state index >= 15 is 0 Å². The van der Waals surface area contributed by atoms with Gasteiger partial charge in [-0.25, -0.2) is 8.78 Å². The summed E-state index contributed by atoms with van der Waals surface area (Å²) >= 11 is 0. The Balaban J connectivity index is 1.63. The molecule has 3 aromatic rings. The van der Waals surface area contributed by atoms with Crippen molar-refractivity contribution >= 4 is 11.4 Å². The van der Waals surface area contributed by atoms with Gasteiger partial charge in [0.05, 0.1) is 5.69 Å². The first kappa shape index (κ1) is 23.3. The third kappa shape index (κ3) is 6.07. The highest BCUT2D eigenvalue weighted by atomic mass is 19.1. The highest BCUT2D eigenvalue weighted by molar-refractivity contribution is 5.60. The minimum absolute atomic E-state index is 0.174. The Labute approximate surface area is 189 Å². The molecule has 0 bridgehead atoms. The van der Waals surface area contributed by atoms with Gasteiger partial charge in [-0.3, -0.25) is 0 Å². The second kappa shape index (κ2) is 10.8. The maximum Gasteiger partial charge on any atom is 0.146 e. The van der Waals surface area contributed by atoms with Crippen molar-refractivity contribution in [2.45, 2.75) is 31.6 Å². The molecule has 0 aliphatic rings. The van der Waals surface area contributed by atoms with Crippen LogP contribution in [0.3, 0.4) is 0 Å². The number of hydrogen-bond donors (Lipinski definition) is 1. The molecule has 0 saturated carbocycles. The minimum Gasteiger partial charge on any atom is -0.490 e. The van der Waals surface area contributed by atoms with Crippen LogP contribution >= 0.6 is 0 Å². The summed E-state index contributed by atoms with van der Waals surface area (Å²) in [5.41, 5.74) is 3.07. The van der Waals surface area contributed by atoms with Crippen molar-refractivity contribution in [3.63, 3.8) is 0 Å². The summed E-state index contributed by atoms with van der Waals surface area (Å²) in [4.78, 5) is 0. The van der Waals surface area contributed by atoms with Gasteiger partial charge < -0.3 is 10.1 Å². The molecule has 2 nitrogen and oxygen atoms in total. The molecule has 0 aliphatic heterocycles. The topological polar surface area (TPSA) is 21.3 Å². The van der Waals surface area contributed by atoms with Crippen LogP contribution in [0.2, 0.25) is 0 Å². The van der Waals surface area contributed by atoms with E-state index < -0.39 is 0 Å². The fraction of sp³-hybridized carbons (Fsp3) is 0.214. The van der Waals surface area contributed by atoms with Crippen molar-refractivity contribution in [2.24, 2.45) is 0 Å². The molecular formula is C28H29F2NO. The summed E-state index contributed by atoms with van der Waals surface area (Å²) in [7, 11) is 0. The quantitative estimate of drug-likeness (QED) is 0.312. The van der Waals surface area contributed by atoms with Crippen molar-refractivity contribution in [2.75, 3.05) is 11.9 Å². The monoisotopic (exact) mass is 433 g/mol. The molecule has 1 unspecified atom stereocenters. The number of aryl methyl sites for hydroxylation is 1. The molecule has 3 aromatic carbocycles. The highest BCUT2D eigenvalue weighted by Crippen LogP contribution is 2.32. The van der Waals surface area contributed by atoms with Gasteiger partial charge in [0, 0.05) is 11.1 Å². The van der Waals surface area contributed by atoms with E-state index in [1.54, 1.807) is 18.2 Å². The van der Waals surface area contributed by atoms with E-state index in [0.29, 0.717) is 18.0 Å². The number of rotatable bonds is 11. The first-order chi connectivity index (χ1) is 15.4. The Kier molecular flexibility index (Phi) is 7.82. The Hall–Kier alpha value is -3.40. The molecule has 166 valence electrons. The van der Waals surface area contributed by atoms with Crippen molar-refractivity contribution < 1.29 is 13.5 Å². The van der Waals surface area contributed by atoms with Crippen LogP contribution in [-0.2, 0) is 11.8 Å². The summed E-state index contributed by atoms with van der Waals surface area (Å²) < 4.78 is 32.9. The first-order valence-corrected chi connectivity index (χ1v) is 10.7. The predicted octanol–water partition coefficient (Wildman–Crippen LogP) is 7.74. The Morgan fingerprint density at radius 1 is 0.969 bits per heavy atom. The lowest BCUT2D eigenvalue weighted by molar-refractivity contribution is 0.363. The van der Waals surface area contributed by atoms with Gasteiger partial charge in [-0.1, -0.05) is 43.9 Å². The van der Waals surface area contributed by atoms with Gasteiger partial charge in [-0.15, -0.1) is 6.58 Å². The van der Waals surface area contributed by atoms with Crippen LogP contribution in [0.1, 0.15) is 30.9 Å². The molecule has 0 amide bonds. The van der Waals surface area contributed by atoms with Gasteiger partial charge in [0.15, 0.2) is 0 Å². The van der Waals surface area contributed by atoms with Crippen LogP contribution in [0, 0.1) is 11.6 Å². The molecule has 0 spiro atoms. The number of nitrogens with one attached hydrogen (secondary N) is 1. The second-order valence-corrected chi connectivity index (χ2v) is 8.05. The maximum absolute atomic E-state index is 14.3. The maximum atomic E-state index is 14.3. The predicted molar refractivity (Wildman–Crippen MR) is 129 cm³/mol. The largest absolute Gasteiger partial charge is 0.490 e. The van der Waals surface area contributed by atoms with Crippen molar-refractivity contribution in [1.82, 2.24) is 0 Å². The fourth-order valence-electron chi connectivity index (χ4n) is 3.62. The van der Waals surface area contributed by atoms with Crippen LogP contribution in [0.15, 0.2) is 92.0 Å². The molecule has 0 aliphatic carbocycles. The zero-order chi connectivity index (χ0) is 23.0. The Morgan fingerprint density at radius 3 is 2.34 bits per heavy atom. The average Bonchev–Trinajstić information content (AvgIpc) is 2.81. The SMILES string of the molecule is C=CCOc1ccc(C(C)(C=C)CCCc2ccc(F)c(Nc3ccc(F)cc3)c2)cc1. The zero-order valence-electron chi connectivity index (χ0n) is 18.4. The van der Waals surface area contributed by atoms with Gasteiger partial charge in [-0.2, -0.15) is 0 Å². The summed E-state index contributed by atoms with van der Waals surface area (Å²) in [6, 6.07) is 19.0. The van der Waals surface area contributed by atoms with E-state index in [1.807, 2.05) is 30.3 Å². The lowest BCUT2D eigenvalue weighted by atomic mass is 9.78. The molecule has 32 heavy (non-hydrogen) atoms. The summed E-state index contributed by atoms with van der Waals surface area (Å²) in [6.45, 7) is 10.4. The van der Waals surface area contributed by atoms with Crippen LogP contribution in [0.4, 0.5) is 20.2 Å². The molecule has 3 rings (SSSR count). The summed E-state index contributed by atoms with van der Waals surface area (Å²) in [6.07, 6.45) is 6.33. The molecule has 0 fully saturated rings. The van der Waals surface area contributed by atoms with E-state index in [9.17, 15) is 8.78 Å². The third-order valence-corrected chi connectivity index (χ3v) is 5.65. The van der Waals surface area contributed by atoms with Crippen LogP contribution in [0.5, 0.6) is 5.75 Å². The van der Waals surface area contributed by atoms with Gasteiger partial charge >= 0.3 is 0 Å². The van der Waals surface area contributed by atoms with E-state index in [-0.39, 0.29) is 17.0 Å². The van der Waals surface area contributed by atoms with E-state index in [0.717, 1.165) is 30.6 Å². The van der Waals surface area contributed by atoms with E-state index in [1.165, 1.54) is 23.8 Å². The molecule has 0 heterocycles. The van der Waals surface area contributed by atoms with Crippen molar-refractivity contribution in [3.8, 4) is 5.75 Å². The van der Waals surface area contributed by atoms with Crippen LogP contribution < -0.4 is 10.1 Å². The molecule has 1 atom stereocenters. The molecule has 1 N–H and O–H groups in total. The molecule has 4 heteroatoms. The molecule has 0 saturated heterocycles. The lowest BCUT2D eigenvalue weighted by Gasteiger charge is -2.27. The fourth-order valence-corrected chi connectivity index (χ4v) is 3.62. The molecule has 0 aromatic heterocycles. The lowest BCUT2D eigenvalue weighted by Crippen LogP contribution is -2.18. The Bertz CT molecular complexity index is 1040. The van der Waals surface area contributed by atoms with E-state index in [4.69, 9.17) is 4.74 Å². The highest BCUT2D eigenvalue weighted by Gasteiger charge is 2.22. The molecule has 0 radical (unpaired) electrons. The number of benzene rings is 3. The van der Waals surface area contributed by atoms with Gasteiger partial charge in [0.25, 0.3) is 0 Å². The van der Waals surface area contributed by atoms with Gasteiger partial charge in [0.1, 0.15) is 24.0 Å². The van der Waals surface area contributed by atoms with Crippen molar-refractivity contribution in [3.05, 3.63) is 115 Å². The number of anilines is 2. The number of hydrogen-bond acceptors (Lipinski definition) is 2. The molecular weight excluding hydrogens is 404 g/mol.